The Morgan fingerprint density at radius 2 is 1.80 bits per heavy atom. The van der Waals surface area contributed by atoms with Gasteiger partial charge in [0.15, 0.2) is 11.6 Å². The molecule has 0 saturated heterocycles. The molecule has 104 valence electrons. The second-order valence-electron chi connectivity index (χ2n) is 3.93. The SMILES string of the molecule is NC(=S)c1ccc(Nc2cc(F)cc(F)c2F)c(Cl)c1. The lowest BCUT2D eigenvalue weighted by molar-refractivity contribution is 0.498. The van der Waals surface area contributed by atoms with E-state index < -0.39 is 17.5 Å². The van der Waals surface area contributed by atoms with Gasteiger partial charge in [-0.3, -0.25) is 0 Å². The van der Waals surface area contributed by atoms with Crippen LogP contribution in [0.25, 0.3) is 0 Å². The first kappa shape index (κ1) is 14.6. The van der Waals surface area contributed by atoms with Gasteiger partial charge in [0.25, 0.3) is 0 Å². The average Bonchev–Trinajstić information content (AvgIpc) is 2.37. The summed E-state index contributed by atoms with van der Waals surface area (Å²) >= 11 is 10.8. The van der Waals surface area contributed by atoms with Crippen molar-refractivity contribution in [2.24, 2.45) is 5.73 Å². The summed E-state index contributed by atoms with van der Waals surface area (Å²) in [7, 11) is 0. The van der Waals surface area contributed by atoms with Gasteiger partial charge in [0.1, 0.15) is 10.8 Å². The number of benzene rings is 2. The third kappa shape index (κ3) is 3.02. The van der Waals surface area contributed by atoms with Gasteiger partial charge >= 0.3 is 0 Å². The summed E-state index contributed by atoms with van der Waals surface area (Å²) < 4.78 is 39.7. The van der Waals surface area contributed by atoms with Crippen molar-refractivity contribution in [2.45, 2.75) is 0 Å². The molecular formula is C13H8ClF3N2S. The molecule has 0 aromatic heterocycles. The summed E-state index contributed by atoms with van der Waals surface area (Å²) in [5.41, 5.74) is 5.89. The summed E-state index contributed by atoms with van der Waals surface area (Å²) in [5.74, 6) is -3.38. The molecule has 7 heteroatoms. The highest BCUT2D eigenvalue weighted by atomic mass is 35.5. The number of thiocarbonyl (C=S) groups is 1. The van der Waals surface area contributed by atoms with Crippen LogP contribution in [-0.2, 0) is 0 Å². The molecule has 0 heterocycles. The summed E-state index contributed by atoms with van der Waals surface area (Å²) in [6.07, 6.45) is 0. The smallest absolute Gasteiger partial charge is 0.182 e. The molecule has 0 unspecified atom stereocenters. The Morgan fingerprint density at radius 1 is 1.10 bits per heavy atom. The van der Waals surface area contributed by atoms with E-state index in [-0.39, 0.29) is 21.4 Å². The van der Waals surface area contributed by atoms with Gasteiger partial charge in [0.05, 0.1) is 16.4 Å². The maximum Gasteiger partial charge on any atom is 0.182 e. The van der Waals surface area contributed by atoms with Crippen molar-refractivity contribution in [2.75, 3.05) is 5.32 Å². The van der Waals surface area contributed by atoms with Crippen molar-refractivity contribution >= 4 is 40.2 Å². The Balaban J connectivity index is 2.38. The zero-order valence-electron chi connectivity index (χ0n) is 9.88. The molecule has 0 atom stereocenters. The van der Waals surface area contributed by atoms with Crippen LogP contribution in [-0.4, -0.2) is 4.99 Å². The number of anilines is 2. The Hall–Kier alpha value is -1.79. The lowest BCUT2D eigenvalue weighted by Crippen LogP contribution is -2.09. The Morgan fingerprint density at radius 3 is 2.40 bits per heavy atom. The minimum Gasteiger partial charge on any atom is -0.389 e. The van der Waals surface area contributed by atoms with Gasteiger partial charge < -0.3 is 11.1 Å². The fourth-order valence-electron chi connectivity index (χ4n) is 1.56. The fraction of sp³-hybridized carbons (Fsp3) is 0. The summed E-state index contributed by atoms with van der Waals surface area (Å²) in [4.78, 5) is 0.154. The van der Waals surface area contributed by atoms with Gasteiger partial charge in [-0.1, -0.05) is 23.8 Å². The highest BCUT2D eigenvalue weighted by Crippen LogP contribution is 2.29. The lowest BCUT2D eigenvalue weighted by Gasteiger charge is -2.11. The molecule has 3 N–H and O–H groups in total. The zero-order valence-corrected chi connectivity index (χ0v) is 11.5. The summed E-state index contributed by atoms with van der Waals surface area (Å²) in [5, 5.41) is 2.71. The quantitative estimate of drug-likeness (QED) is 0.660. The van der Waals surface area contributed by atoms with Gasteiger partial charge in [-0.2, -0.15) is 0 Å². The number of halogens is 4. The lowest BCUT2D eigenvalue weighted by atomic mass is 10.2. The van der Waals surface area contributed by atoms with E-state index in [1.807, 2.05) is 0 Å². The van der Waals surface area contributed by atoms with Gasteiger partial charge in [0.2, 0.25) is 0 Å². The third-order valence-corrected chi connectivity index (χ3v) is 3.06. The number of hydrogen-bond donors (Lipinski definition) is 2. The topological polar surface area (TPSA) is 38.0 Å². The molecule has 0 spiro atoms. The van der Waals surface area contributed by atoms with E-state index >= 15 is 0 Å². The van der Waals surface area contributed by atoms with E-state index in [2.05, 4.69) is 5.32 Å². The molecule has 20 heavy (non-hydrogen) atoms. The van der Waals surface area contributed by atoms with Crippen molar-refractivity contribution < 1.29 is 13.2 Å². The van der Waals surface area contributed by atoms with E-state index in [9.17, 15) is 13.2 Å². The molecule has 0 aliphatic heterocycles. The molecule has 0 radical (unpaired) electrons. The third-order valence-electron chi connectivity index (χ3n) is 2.52. The average molecular weight is 317 g/mol. The molecule has 2 aromatic carbocycles. The first-order chi connectivity index (χ1) is 9.38. The largest absolute Gasteiger partial charge is 0.389 e. The van der Waals surface area contributed by atoms with Gasteiger partial charge in [-0.05, 0) is 18.2 Å². The molecule has 0 aliphatic rings. The molecule has 2 rings (SSSR count). The summed E-state index contributed by atoms with van der Waals surface area (Å²) in [6, 6.07) is 5.80. The highest BCUT2D eigenvalue weighted by molar-refractivity contribution is 7.80. The van der Waals surface area contributed by atoms with Crippen LogP contribution >= 0.6 is 23.8 Å². The van der Waals surface area contributed by atoms with Crippen LogP contribution in [0.3, 0.4) is 0 Å². The van der Waals surface area contributed by atoms with E-state index in [0.717, 1.165) is 6.07 Å². The minimum absolute atomic E-state index is 0.154. The molecule has 0 fully saturated rings. The van der Waals surface area contributed by atoms with Crippen molar-refractivity contribution in [3.05, 3.63) is 58.4 Å². The van der Waals surface area contributed by atoms with Gasteiger partial charge in [0, 0.05) is 17.7 Å². The van der Waals surface area contributed by atoms with Crippen LogP contribution in [0.2, 0.25) is 5.02 Å². The normalized spacial score (nSPS) is 10.4. The number of nitrogens with two attached hydrogens (primary N) is 1. The van der Waals surface area contributed by atoms with E-state index in [0.29, 0.717) is 11.6 Å². The first-order valence-electron chi connectivity index (χ1n) is 5.39. The summed E-state index contributed by atoms with van der Waals surface area (Å²) in [6.45, 7) is 0. The molecule has 0 aliphatic carbocycles. The van der Waals surface area contributed by atoms with Crippen molar-refractivity contribution in [3.63, 3.8) is 0 Å². The van der Waals surface area contributed by atoms with Crippen molar-refractivity contribution in [1.82, 2.24) is 0 Å². The second kappa shape index (κ2) is 5.68. The van der Waals surface area contributed by atoms with Crippen LogP contribution in [0.15, 0.2) is 30.3 Å². The number of rotatable bonds is 3. The minimum atomic E-state index is -1.29. The van der Waals surface area contributed by atoms with Crippen LogP contribution < -0.4 is 11.1 Å². The number of nitrogens with one attached hydrogen (secondary N) is 1. The molecule has 2 aromatic rings. The second-order valence-corrected chi connectivity index (χ2v) is 4.78. The zero-order chi connectivity index (χ0) is 14.9. The van der Waals surface area contributed by atoms with Crippen LogP contribution in [0.1, 0.15) is 5.56 Å². The molecular weight excluding hydrogens is 309 g/mol. The van der Waals surface area contributed by atoms with Crippen molar-refractivity contribution in [3.8, 4) is 0 Å². The van der Waals surface area contributed by atoms with Crippen LogP contribution in [0, 0.1) is 17.5 Å². The Kier molecular flexibility index (Phi) is 4.15. The van der Waals surface area contributed by atoms with Gasteiger partial charge in [-0.25, -0.2) is 13.2 Å². The molecule has 0 bridgehead atoms. The van der Waals surface area contributed by atoms with E-state index in [4.69, 9.17) is 29.6 Å². The molecule has 0 amide bonds. The number of hydrogen-bond acceptors (Lipinski definition) is 2. The standard InChI is InChI=1S/C13H8ClF3N2S/c14-8-3-6(13(18)20)1-2-10(8)19-11-5-7(15)4-9(16)12(11)17/h1-5,19H,(H2,18,20). The first-order valence-corrected chi connectivity index (χ1v) is 6.18. The predicted molar refractivity (Wildman–Crippen MR) is 76.9 cm³/mol. The Labute approximate surface area is 123 Å². The molecule has 0 saturated carbocycles. The fourth-order valence-corrected chi connectivity index (χ4v) is 1.92. The van der Waals surface area contributed by atoms with Crippen LogP contribution in [0.4, 0.5) is 24.5 Å². The Bertz CT molecular complexity index is 692. The maximum atomic E-state index is 13.5. The highest BCUT2D eigenvalue weighted by Gasteiger charge is 2.12. The maximum absolute atomic E-state index is 13.5. The van der Waals surface area contributed by atoms with Crippen LogP contribution in [0.5, 0.6) is 0 Å². The van der Waals surface area contributed by atoms with Crippen molar-refractivity contribution in [1.29, 1.82) is 0 Å². The van der Waals surface area contributed by atoms with Gasteiger partial charge in [-0.15, -0.1) is 0 Å². The predicted octanol–water partition coefficient (Wildman–Crippen LogP) is 4.14. The van der Waals surface area contributed by atoms with E-state index in [1.54, 1.807) is 6.07 Å². The van der Waals surface area contributed by atoms with E-state index in [1.165, 1.54) is 12.1 Å². The molecule has 2 nitrogen and oxygen atoms in total. The monoisotopic (exact) mass is 316 g/mol.